The molecular weight excluding hydrogens is 256 g/mol. The van der Waals surface area contributed by atoms with Crippen LogP contribution in [0.15, 0.2) is 22.9 Å². The summed E-state index contributed by atoms with van der Waals surface area (Å²) in [6, 6.07) is 5.36. The Balaban J connectivity index is 2.20. The van der Waals surface area contributed by atoms with Crippen LogP contribution in [0, 0.1) is 11.3 Å². The van der Waals surface area contributed by atoms with Crippen LogP contribution in [0.2, 0.25) is 0 Å². The highest BCUT2D eigenvalue weighted by Gasteiger charge is 2.19. The Kier molecular flexibility index (Phi) is 4.80. The van der Waals surface area contributed by atoms with E-state index in [1.807, 2.05) is 13.0 Å². The van der Waals surface area contributed by atoms with Gasteiger partial charge in [0.05, 0.1) is 5.56 Å². The zero-order valence-electron chi connectivity index (χ0n) is 11.5. The maximum Gasteiger partial charge on any atom is 0.276 e. The van der Waals surface area contributed by atoms with Crippen molar-refractivity contribution in [1.29, 1.82) is 5.26 Å². The summed E-state index contributed by atoms with van der Waals surface area (Å²) in [6.45, 7) is 4.62. The van der Waals surface area contributed by atoms with Crippen molar-refractivity contribution in [3.8, 4) is 17.7 Å². The van der Waals surface area contributed by atoms with E-state index in [2.05, 4.69) is 22.0 Å². The topological polar surface area (TPSA) is 84.8 Å². The Morgan fingerprint density at radius 1 is 1.40 bits per heavy atom. The molecule has 0 radical (unpaired) electrons. The Bertz CT molecular complexity index is 580. The van der Waals surface area contributed by atoms with Gasteiger partial charge in [-0.1, -0.05) is 18.5 Å². The summed E-state index contributed by atoms with van der Waals surface area (Å²) in [6.07, 6.45) is 3.14. The second-order valence-corrected chi connectivity index (χ2v) is 4.23. The predicted octanol–water partition coefficient (Wildman–Crippen LogP) is 2.88. The Morgan fingerprint density at radius 2 is 2.25 bits per heavy atom. The summed E-state index contributed by atoms with van der Waals surface area (Å²) in [5.74, 6) is 0.875. The van der Waals surface area contributed by atoms with Crippen molar-refractivity contribution in [2.75, 3.05) is 6.61 Å². The number of nitrogens with zero attached hydrogens (tertiary/aromatic N) is 4. The van der Waals surface area contributed by atoms with Crippen molar-refractivity contribution in [2.45, 2.75) is 32.8 Å². The van der Waals surface area contributed by atoms with Gasteiger partial charge in [0.1, 0.15) is 17.9 Å². The normalized spacial score (nSPS) is 12.1. The summed E-state index contributed by atoms with van der Waals surface area (Å²) < 4.78 is 10.8. The molecule has 2 aromatic rings. The number of pyridine rings is 1. The first-order valence-electron chi connectivity index (χ1n) is 6.60. The van der Waals surface area contributed by atoms with E-state index in [1.54, 1.807) is 12.1 Å². The highest BCUT2D eigenvalue weighted by atomic mass is 16.5. The molecule has 2 heterocycles. The molecule has 2 rings (SSSR count). The minimum atomic E-state index is -0.152. The molecule has 0 spiro atoms. The van der Waals surface area contributed by atoms with Crippen LogP contribution in [-0.4, -0.2) is 21.7 Å². The van der Waals surface area contributed by atoms with Crippen molar-refractivity contribution in [3.05, 3.63) is 29.7 Å². The second-order valence-electron chi connectivity index (χ2n) is 4.23. The van der Waals surface area contributed by atoms with Gasteiger partial charge in [0, 0.05) is 12.8 Å². The maximum atomic E-state index is 8.74. The molecule has 0 aliphatic rings. The third-order valence-corrected chi connectivity index (χ3v) is 2.76. The van der Waals surface area contributed by atoms with E-state index >= 15 is 0 Å². The number of aromatic nitrogens is 3. The zero-order valence-corrected chi connectivity index (χ0v) is 11.5. The second kappa shape index (κ2) is 6.78. The molecule has 0 bridgehead atoms. The molecule has 0 aliphatic carbocycles. The standard InChI is InChI=1S/C14H16N4O2/c1-3-5-12(19-4-2)13-17-14(20-18-13)11-7-6-10(8-15)9-16-11/h6-7,9,12H,3-5H2,1-2H3. The van der Waals surface area contributed by atoms with Gasteiger partial charge in [-0.3, -0.25) is 0 Å². The molecule has 6 heteroatoms. The molecule has 1 unspecified atom stereocenters. The molecule has 2 aromatic heterocycles. The van der Waals surface area contributed by atoms with Gasteiger partial charge in [-0.2, -0.15) is 10.2 Å². The quantitative estimate of drug-likeness (QED) is 0.803. The smallest absolute Gasteiger partial charge is 0.276 e. The van der Waals surface area contributed by atoms with Crippen LogP contribution in [0.5, 0.6) is 0 Å². The Labute approximate surface area is 117 Å². The van der Waals surface area contributed by atoms with Gasteiger partial charge in [-0.25, -0.2) is 4.98 Å². The van der Waals surface area contributed by atoms with Gasteiger partial charge >= 0.3 is 0 Å². The van der Waals surface area contributed by atoms with Crippen LogP contribution in [0.25, 0.3) is 11.6 Å². The lowest BCUT2D eigenvalue weighted by Crippen LogP contribution is -2.06. The van der Waals surface area contributed by atoms with Crippen molar-refractivity contribution < 1.29 is 9.26 Å². The summed E-state index contributed by atoms with van der Waals surface area (Å²) in [5.41, 5.74) is 1.04. The van der Waals surface area contributed by atoms with Gasteiger partial charge in [0.15, 0.2) is 0 Å². The average molecular weight is 272 g/mol. The molecule has 0 aliphatic heterocycles. The fourth-order valence-electron chi connectivity index (χ4n) is 1.81. The van der Waals surface area contributed by atoms with Crippen molar-refractivity contribution in [3.63, 3.8) is 0 Å². The molecule has 0 saturated carbocycles. The van der Waals surface area contributed by atoms with Crippen molar-refractivity contribution in [1.82, 2.24) is 15.1 Å². The monoisotopic (exact) mass is 272 g/mol. The molecule has 1 atom stereocenters. The van der Waals surface area contributed by atoms with E-state index in [0.29, 0.717) is 29.6 Å². The minimum absolute atomic E-state index is 0.152. The Hall–Kier alpha value is -2.26. The van der Waals surface area contributed by atoms with E-state index in [0.717, 1.165) is 12.8 Å². The summed E-state index contributed by atoms with van der Waals surface area (Å²) in [7, 11) is 0. The van der Waals surface area contributed by atoms with Gasteiger partial charge in [-0.15, -0.1) is 0 Å². The van der Waals surface area contributed by atoms with Gasteiger partial charge in [0.2, 0.25) is 5.82 Å². The third-order valence-electron chi connectivity index (χ3n) is 2.76. The lowest BCUT2D eigenvalue weighted by atomic mass is 10.2. The predicted molar refractivity (Wildman–Crippen MR) is 71.5 cm³/mol. The van der Waals surface area contributed by atoms with Crippen molar-refractivity contribution in [2.24, 2.45) is 0 Å². The first-order valence-corrected chi connectivity index (χ1v) is 6.60. The largest absolute Gasteiger partial charge is 0.370 e. The zero-order chi connectivity index (χ0) is 14.4. The number of ether oxygens (including phenoxy) is 1. The number of hydrogen-bond donors (Lipinski definition) is 0. The van der Waals surface area contributed by atoms with Crippen LogP contribution >= 0.6 is 0 Å². The van der Waals surface area contributed by atoms with Crippen LogP contribution < -0.4 is 0 Å². The van der Waals surface area contributed by atoms with Crippen LogP contribution in [0.4, 0.5) is 0 Å². The molecule has 0 N–H and O–H groups in total. The highest BCUT2D eigenvalue weighted by Crippen LogP contribution is 2.23. The molecule has 0 aromatic carbocycles. The van der Waals surface area contributed by atoms with Crippen molar-refractivity contribution >= 4 is 0 Å². The maximum absolute atomic E-state index is 8.74. The van der Waals surface area contributed by atoms with Gasteiger partial charge < -0.3 is 9.26 Å². The fraction of sp³-hybridized carbons (Fsp3) is 0.429. The molecule has 20 heavy (non-hydrogen) atoms. The first kappa shape index (κ1) is 14.2. The van der Waals surface area contributed by atoms with E-state index < -0.39 is 0 Å². The number of hydrogen-bond acceptors (Lipinski definition) is 6. The number of nitriles is 1. The molecule has 0 saturated heterocycles. The lowest BCUT2D eigenvalue weighted by molar-refractivity contribution is 0.0478. The molecular formula is C14H16N4O2. The number of rotatable bonds is 6. The summed E-state index contributed by atoms with van der Waals surface area (Å²) in [4.78, 5) is 8.45. The third kappa shape index (κ3) is 3.19. The van der Waals surface area contributed by atoms with E-state index in [1.165, 1.54) is 6.20 Å². The van der Waals surface area contributed by atoms with Gasteiger partial charge in [-0.05, 0) is 25.5 Å². The first-order chi connectivity index (χ1) is 9.78. The van der Waals surface area contributed by atoms with E-state index in [-0.39, 0.29) is 6.10 Å². The van der Waals surface area contributed by atoms with E-state index in [4.69, 9.17) is 14.5 Å². The highest BCUT2D eigenvalue weighted by molar-refractivity contribution is 5.47. The van der Waals surface area contributed by atoms with Crippen LogP contribution in [0.3, 0.4) is 0 Å². The molecule has 104 valence electrons. The fourth-order valence-corrected chi connectivity index (χ4v) is 1.81. The molecule has 0 amide bonds. The SMILES string of the molecule is CCCC(OCC)c1noc(-c2ccc(C#N)cn2)n1. The Morgan fingerprint density at radius 3 is 2.85 bits per heavy atom. The lowest BCUT2D eigenvalue weighted by Gasteiger charge is -2.10. The van der Waals surface area contributed by atoms with Crippen LogP contribution in [0.1, 0.15) is 44.2 Å². The van der Waals surface area contributed by atoms with Crippen LogP contribution in [-0.2, 0) is 4.74 Å². The minimum Gasteiger partial charge on any atom is -0.370 e. The molecule has 6 nitrogen and oxygen atoms in total. The summed E-state index contributed by atoms with van der Waals surface area (Å²) >= 11 is 0. The molecule has 0 fully saturated rings. The average Bonchev–Trinajstić information content (AvgIpc) is 2.97. The van der Waals surface area contributed by atoms with E-state index in [9.17, 15) is 0 Å². The van der Waals surface area contributed by atoms with Gasteiger partial charge in [0.25, 0.3) is 5.89 Å². The summed E-state index contributed by atoms with van der Waals surface area (Å²) in [5, 5.41) is 12.7.